The number of nitrogens with zero attached hydrogens (tertiary/aromatic N) is 1. The molecule has 0 saturated carbocycles. The van der Waals surface area contributed by atoms with Gasteiger partial charge < -0.3 is 27.0 Å². The number of carbonyl (C=O) groups excluding carboxylic acids is 3. The van der Waals surface area contributed by atoms with Crippen molar-refractivity contribution >= 4 is 35.1 Å². The van der Waals surface area contributed by atoms with Crippen LogP contribution in [-0.2, 0) is 4.79 Å². The quantitative estimate of drug-likeness (QED) is 0.527. The zero-order valence-electron chi connectivity index (χ0n) is 14.5. The van der Waals surface area contributed by atoms with Crippen molar-refractivity contribution in [1.29, 1.82) is 0 Å². The van der Waals surface area contributed by atoms with Crippen LogP contribution in [0.3, 0.4) is 0 Å². The molecule has 1 aromatic rings. The molecule has 0 unspecified atom stereocenters. The molecule has 8 nitrogen and oxygen atoms in total. The molecule has 1 aliphatic heterocycles. The maximum absolute atomic E-state index is 11.9. The van der Waals surface area contributed by atoms with E-state index in [2.05, 4.69) is 15.5 Å². The number of primary amides is 2. The first-order chi connectivity index (χ1) is 12.4. The second-order valence-electron chi connectivity index (χ2n) is 6.34. The van der Waals surface area contributed by atoms with Gasteiger partial charge in [0.25, 0.3) is 0 Å². The topological polar surface area (TPSA) is 131 Å². The largest absolute Gasteiger partial charge is 0.369 e. The smallest absolute Gasteiger partial charge is 0.319 e. The number of nitrogens with one attached hydrogen (secondary N) is 2. The van der Waals surface area contributed by atoms with Crippen molar-refractivity contribution in [1.82, 2.24) is 10.2 Å². The van der Waals surface area contributed by atoms with Gasteiger partial charge in [-0.15, -0.1) is 0 Å². The fourth-order valence-electron chi connectivity index (χ4n) is 2.96. The third kappa shape index (κ3) is 5.89. The number of urea groups is 1. The molecular weight excluding hydrogens is 358 g/mol. The molecule has 0 aliphatic carbocycles. The number of benzene rings is 1. The lowest BCUT2D eigenvalue weighted by atomic mass is 9.97. The van der Waals surface area contributed by atoms with E-state index >= 15 is 0 Å². The Morgan fingerprint density at radius 3 is 2.69 bits per heavy atom. The van der Waals surface area contributed by atoms with Gasteiger partial charge in [0.2, 0.25) is 11.8 Å². The van der Waals surface area contributed by atoms with Gasteiger partial charge in [-0.2, -0.15) is 0 Å². The van der Waals surface area contributed by atoms with Crippen molar-refractivity contribution in [3.8, 4) is 0 Å². The van der Waals surface area contributed by atoms with Crippen molar-refractivity contribution < 1.29 is 14.4 Å². The first-order valence-electron chi connectivity index (χ1n) is 8.52. The van der Waals surface area contributed by atoms with E-state index < -0.39 is 5.91 Å². The van der Waals surface area contributed by atoms with E-state index in [1.54, 1.807) is 6.07 Å². The van der Waals surface area contributed by atoms with E-state index in [1.165, 1.54) is 12.1 Å². The Balaban J connectivity index is 1.70. The number of carbonyl (C=O) groups is 3. The van der Waals surface area contributed by atoms with Crippen LogP contribution < -0.4 is 22.1 Å². The summed E-state index contributed by atoms with van der Waals surface area (Å²) in [5.74, 6) is -0.941. The van der Waals surface area contributed by atoms with Crippen LogP contribution in [0, 0.1) is 5.92 Å². The second-order valence-corrected chi connectivity index (χ2v) is 6.74. The molecule has 1 aromatic carbocycles. The first kappa shape index (κ1) is 20.0. The number of hydrogen-bond donors (Lipinski definition) is 4. The van der Waals surface area contributed by atoms with Gasteiger partial charge in [-0.3, -0.25) is 9.59 Å². The average molecular weight is 382 g/mol. The van der Waals surface area contributed by atoms with Crippen LogP contribution in [-0.4, -0.2) is 48.9 Å². The summed E-state index contributed by atoms with van der Waals surface area (Å²) in [7, 11) is 0. The van der Waals surface area contributed by atoms with Gasteiger partial charge in [-0.1, -0.05) is 11.6 Å². The minimum Gasteiger partial charge on any atom is -0.369 e. The van der Waals surface area contributed by atoms with E-state index in [9.17, 15) is 14.4 Å². The van der Waals surface area contributed by atoms with Crippen molar-refractivity contribution in [3.63, 3.8) is 0 Å². The molecule has 1 fully saturated rings. The summed E-state index contributed by atoms with van der Waals surface area (Å²) >= 11 is 5.94. The summed E-state index contributed by atoms with van der Waals surface area (Å²) < 4.78 is 0. The Bertz CT molecular complexity index is 682. The Morgan fingerprint density at radius 2 is 2.04 bits per heavy atom. The number of hydrogen-bond acceptors (Lipinski definition) is 4. The lowest BCUT2D eigenvalue weighted by Crippen LogP contribution is -2.42. The summed E-state index contributed by atoms with van der Waals surface area (Å²) in [4.78, 5) is 36.5. The summed E-state index contributed by atoms with van der Waals surface area (Å²) in [6.45, 7) is 2.92. The lowest BCUT2D eigenvalue weighted by Gasteiger charge is -2.31. The SMILES string of the molecule is NC(=O)c1ccc(NC(=O)NCCCN2CCC[C@@H](C(N)=O)C2)cc1Cl. The molecule has 26 heavy (non-hydrogen) atoms. The molecular formula is C17H24ClN5O3. The van der Waals surface area contributed by atoms with Gasteiger partial charge in [-0.05, 0) is 50.6 Å². The molecule has 1 heterocycles. The average Bonchev–Trinajstić information content (AvgIpc) is 2.58. The second kappa shape index (κ2) is 9.40. The summed E-state index contributed by atoms with van der Waals surface area (Å²) in [6.07, 6.45) is 2.58. The Morgan fingerprint density at radius 1 is 1.27 bits per heavy atom. The van der Waals surface area contributed by atoms with Crippen LogP contribution >= 0.6 is 11.6 Å². The minimum absolute atomic E-state index is 0.0758. The molecule has 1 saturated heterocycles. The van der Waals surface area contributed by atoms with Crippen molar-refractivity contribution in [2.24, 2.45) is 17.4 Å². The zero-order valence-corrected chi connectivity index (χ0v) is 15.2. The summed E-state index contributed by atoms with van der Waals surface area (Å²) in [5, 5.41) is 5.59. The molecule has 0 spiro atoms. The predicted molar refractivity (Wildman–Crippen MR) is 100.0 cm³/mol. The van der Waals surface area contributed by atoms with Crippen LogP contribution in [0.2, 0.25) is 5.02 Å². The maximum atomic E-state index is 11.9. The van der Waals surface area contributed by atoms with Crippen LogP contribution in [0.4, 0.5) is 10.5 Å². The van der Waals surface area contributed by atoms with Crippen LogP contribution in [0.5, 0.6) is 0 Å². The molecule has 1 atom stereocenters. The molecule has 9 heteroatoms. The number of amides is 4. The number of likely N-dealkylation sites (tertiary alicyclic amines) is 1. The van der Waals surface area contributed by atoms with E-state index in [1.807, 2.05) is 0 Å². The third-order valence-electron chi connectivity index (χ3n) is 4.34. The fourth-order valence-corrected chi connectivity index (χ4v) is 3.24. The van der Waals surface area contributed by atoms with Gasteiger partial charge in [0.1, 0.15) is 0 Å². The van der Waals surface area contributed by atoms with Gasteiger partial charge in [0, 0.05) is 18.8 Å². The zero-order chi connectivity index (χ0) is 19.1. The monoisotopic (exact) mass is 381 g/mol. The van der Waals surface area contributed by atoms with Crippen LogP contribution in [0.15, 0.2) is 18.2 Å². The number of anilines is 1. The van der Waals surface area contributed by atoms with Crippen molar-refractivity contribution in [2.45, 2.75) is 19.3 Å². The van der Waals surface area contributed by atoms with E-state index in [0.717, 1.165) is 32.4 Å². The van der Waals surface area contributed by atoms with Gasteiger partial charge >= 0.3 is 6.03 Å². The molecule has 142 valence electrons. The molecule has 2 rings (SSSR count). The van der Waals surface area contributed by atoms with Crippen molar-refractivity contribution in [2.75, 3.05) is 31.5 Å². The van der Waals surface area contributed by atoms with Gasteiger partial charge in [0.05, 0.1) is 16.5 Å². The maximum Gasteiger partial charge on any atom is 0.319 e. The lowest BCUT2D eigenvalue weighted by molar-refractivity contribution is -0.123. The molecule has 0 bridgehead atoms. The highest BCUT2D eigenvalue weighted by molar-refractivity contribution is 6.34. The predicted octanol–water partition coefficient (Wildman–Crippen LogP) is 1.15. The number of halogens is 1. The van der Waals surface area contributed by atoms with Crippen LogP contribution in [0.25, 0.3) is 0 Å². The van der Waals surface area contributed by atoms with E-state index in [-0.39, 0.29) is 28.4 Å². The minimum atomic E-state index is -0.623. The molecule has 0 radical (unpaired) electrons. The molecule has 6 N–H and O–H groups in total. The Kier molecular flexibility index (Phi) is 7.23. The van der Waals surface area contributed by atoms with Crippen LogP contribution in [0.1, 0.15) is 29.6 Å². The highest BCUT2D eigenvalue weighted by atomic mass is 35.5. The summed E-state index contributed by atoms with van der Waals surface area (Å²) in [5.41, 5.74) is 11.2. The highest BCUT2D eigenvalue weighted by Gasteiger charge is 2.23. The van der Waals surface area contributed by atoms with E-state index in [0.29, 0.717) is 18.8 Å². The van der Waals surface area contributed by atoms with Crippen molar-refractivity contribution in [3.05, 3.63) is 28.8 Å². The highest BCUT2D eigenvalue weighted by Crippen LogP contribution is 2.20. The third-order valence-corrected chi connectivity index (χ3v) is 4.65. The normalized spacial score (nSPS) is 17.5. The molecule has 4 amide bonds. The molecule has 1 aliphatic rings. The molecule has 0 aromatic heterocycles. The van der Waals surface area contributed by atoms with E-state index in [4.69, 9.17) is 23.1 Å². The number of nitrogens with two attached hydrogens (primary N) is 2. The summed E-state index contributed by atoms with van der Waals surface area (Å²) in [6, 6.07) is 4.13. The first-order valence-corrected chi connectivity index (χ1v) is 8.90. The van der Waals surface area contributed by atoms with Gasteiger partial charge in [0.15, 0.2) is 0 Å². The number of rotatable bonds is 7. The Labute approximate surface area is 157 Å². The standard InChI is InChI=1S/C17H24ClN5O3/c18-14-9-12(4-5-13(14)16(20)25)22-17(26)21-6-2-8-23-7-1-3-11(10-23)15(19)24/h4-5,9,11H,1-3,6-8,10H2,(H2,19,24)(H2,20,25)(H2,21,22,26)/t11-/m1/s1. The van der Waals surface area contributed by atoms with Gasteiger partial charge in [-0.25, -0.2) is 4.79 Å². The fraction of sp³-hybridized carbons (Fsp3) is 0.471. The number of piperidine rings is 1. The Hall–Kier alpha value is -2.32.